The third-order valence-electron chi connectivity index (χ3n) is 7.99. The second-order valence-electron chi connectivity index (χ2n) is 11.4. The fourth-order valence-electron chi connectivity index (χ4n) is 5.71. The highest BCUT2D eigenvalue weighted by molar-refractivity contribution is 7.12. The molecule has 0 fully saturated rings. The first-order chi connectivity index (χ1) is 19.7. The summed E-state index contributed by atoms with van der Waals surface area (Å²) in [6.07, 6.45) is 5.52. The van der Waals surface area contributed by atoms with Crippen LogP contribution in [0.2, 0.25) is 10.0 Å². The van der Waals surface area contributed by atoms with Crippen LogP contribution in [0.25, 0.3) is 0 Å². The number of nitrogens with zero attached hydrogens (tertiary/aromatic N) is 2. The van der Waals surface area contributed by atoms with Gasteiger partial charge in [0.2, 0.25) is 0 Å². The normalized spacial score (nSPS) is 15.5. The molecule has 2 aromatic carbocycles. The summed E-state index contributed by atoms with van der Waals surface area (Å²) in [6.45, 7) is 8.92. The first-order valence-corrected chi connectivity index (χ1v) is 16.0. The number of phenolic OH excluding ortho intramolecular Hbond substituents is 1. The number of benzene rings is 2. The molecule has 3 aromatic rings. The van der Waals surface area contributed by atoms with Gasteiger partial charge in [0.1, 0.15) is 11.8 Å². The number of rotatable bonds is 12. The minimum absolute atomic E-state index is 0.0117. The molecule has 1 heterocycles. The number of halogens is 2. The molecule has 1 amide bonds. The van der Waals surface area contributed by atoms with Crippen molar-refractivity contribution in [1.82, 2.24) is 10.2 Å². The molecule has 2 unspecified atom stereocenters. The lowest BCUT2D eigenvalue weighted by molar-refractivity contribution is 0.0943. The molecule has 0 spiro atoms. The van der Waals surface area contributed by atoms with E-state index >= 15 is 0 Å². The van der Waals surface area contributed by atoms with Gasteiger partial charge >= 0.3 is 0 Å². The number of para-hydroxylation sites is 1. The zero-order chi connectivity index (χ0) is 29.5. The molecule has 0 saturated carbocycles. The van der Waals surface area contributed by atoms with Crippen molar-refractivity contribution < 1.29 is 9.90 Å². The summed E-state index contributed by atoms with van der Waals surface area (Å²) in [5.74, 6) is 0.535. The molecule has 1 aromatic heterocycles. The van der Waals surface area contributed by atoms with Crippen molar-refractivity contribution >= 4 is 40.4 Å². The first kappa shape index (κ1) is 31.4. The van der Waals surface area contributed by atoms with Gasteiger partial charge in [-0.15, -0.1) is 11.3 Å². The Morgan fingerprint density at radius 2 is 2.02 bits per heavy atom. The molecule has 0 aliphatic heterocycles. The molecular weight excluding hydrogens is 573 g/mol. The SMILES string of the molecule is CCC(CCc1sc2c(c1C#N)CCC(N(Cc1ccc(Cl)cc1Cl)CC(C)C)C2)CNC(=O)c1ccccc1O. The van der Waals surface area contributed by atoms with E-state index in [0.29, 0.717) is 34.1 Å². The van der Waals surface area contributed by atoms with Gasteiger partial charge in [-0.3, -0.25) is 9.69 Å². The Hall–Kier alpha value is -2.56. The van der Waals surface area contributed by atoms with Crippen LogP contribution in [0, 0.1) is 23.2 Å². The molecule has 0 saturated heterocycles. The molecule has 0 radical (unpaired) electrons. The smallest absolute Gasteiger partial charge is 0.255 e. The Bertz CT molecular complexity index is 1400. The number of nitriles is 1. The van der Waals surface area contributed by atoms with Crippen LogP contribution in [-0.4, -0.2) is 35.0 Å². The van der Waals surface area contributed by atoms with Crippen molar-refractivity contribution in [2.24, 2.45) is 11.8 Å². The van der Waals surface area contributed by atoms with Crippen molar-refractivity contribution in [3.8, 4) is 11.8 Å². The number of carbonyl (C=O) groups excluding carboxylic acids is 1. The van der Waals surface area contributed by atoms with E-state index < -0.39 is 0 Å². The average molecular weight is 613 g/mol. The van der Waals surface area contributed by atoms with Crippen LogP contribution < -0.4 is 5.32 Å². The molecule has 0 bridgehead atoms. The number of hydrogen-bond donors (Lipinski definition) is 2. The number of thiophene rings is 1. The average Bonchev–Trinajstić information content (AvgIpc) is 3.30. The van der Waals surface area contributed by atoms with E-state index in [9.17, 15) is 15.2 Å². The van der Waals surface area contributed by atoms with Crippen LogP contribution >= 0.6 is 34.5 Å². The van der Waals surface area contributed by atoms with E-state index in [1.807, 2.05) is 18.2 Å². The molecular formula is C33H39Cl2N3O2S. The summed E-state index contributed by atoms with van der Waals surface area (Å²) >= 11 is 14.5. The number of fused-ring (bicyclic) bond motifs is 1. The molecule has 1 aliphatic carbocycles. The lowest BCUT2D eigenvalue weighted by Crippen LogP contribution is -2.40. The Labute approximate surface area is 258 Å². The van der Waals surface area contributed by atoms with E-state index in [2.05, 4.69) is 37.1 Å². The number of phenols is 1. The van der Waals surface area contributed by atoms with Gasteiger partial charge in [-0.1, -0.05) is 68.6 Å². The summed E-state index contributed by atoms with van der Waals surface area (Å²) < 4.78 is 0. The van der Waals surface area contributed by atoms with Gasteiger partial charge < -0.3 is 10.4 Å². The number of amides is 1. The molecule has 5 nitrogen and oxygen atoms in total. The van der Waals surface area contributed by atoms with Crippen LogP contribution in [-0.2, 0) is 25.8 Å². The standard InChI is InChI=1S/C33H39Cl2N3O2S/c1-4-22(18-37-33(40)27-7-5-6-8-30(27)39)9-14-31-28(17-36)26-13-12-25(16-32(26)41-31)38(19-21(2)3)20-23-10-11-24(34)15-29(23)35/h5-8,10-11,15,21-22,25,39H,4,9,12-14,16,18-20H2,1-3H3,(H,37,40). The highest BCUT2D eigenvalue weighted by Crippen LogP contribution is 2.37. The lowest BCUT2D eigenvalue weighted by atomic mass is 9.89. The van der Waals surface area contributed by atoms with Crippen molar-refractivity contribution in [1.29, 1.82) is 5.26 Å². The summed E-state index contributed by atoms with van der Waals surface area (Å²) in [4.78, 5) is 17.6. The van der Waals surface area contributed by atoms with Crippen LogP contribution in [0.15, 0.2) is 42.5 Å². The van der Waals surface area contributed by atoms with Gasteiger partial charge in [-0.2, -0.15) is 5.26 Å². The number of aromatic hydroxyl groups is 1. The van der Waals surface area contributed by atoms with E-state index in [-0.39, 0.29) is 17.6 Å². The van der Waals surface area contributed by atoms with Gasteiger partial charge in [0, 0.05) is 45.5 Å². The molecule has 2 N–H and O–H groups in total. The molecule has 4 rings (SSSR count). The monoisotopic (exact) mass is 611 g/mol. The molecule has 218 valence electrons. The van der Waals surface area contributed by atoms with Crippen LogP contribution in [0.1, 0.15) is 76.8 Å². The molecule has 8 heteroatoms. The van der Waals surface area contributed by atoms with E-state index in [1.54, 1.807) is 29.5 Å². The largest absolute Gasteiger partial charge is 0.507 e. The van der Waals surface area contributed by atoms with E-state index in [0.717, 1.165) is 62.7 Å². The summed E-state index contributed by atoms with van der Waals surface area (Å²) in [5, 5.41) is 24.4. The zero-order valence-electron chi connectivity index (χ0n) is 24.1. The Morgan fingerprint density at radius 1 is 1.24 bits per heavy atom. The first-order valence-electron chi connectivity index (χ1n) is 14.5. The molecule has 41 heavy (non-hydrogen) atoms. The van der Waals surface area contributed by atoms with Gasteiger partial charge in [0.25, 0.3) is 5.91 Å². The van der Waals surface area contributed by atoms with Crippen molar-refractivity contribution in [2.75, 3.05) is 13.1 Å². The summed E-state index contributed by atoms with van der Waals surface area (Å²) in [6, 6.07) is 15.3. The third-order valence-corrected chi connectivity index (χ3v) is 9.89. The highest BCUT2D eigenvalue weighted by Gasteiger charge is 2.30. The van der Waals surface area contributed by atoms with Crippen LogP contribution in [0.4, 0.5) is 0 Å². The zero-order valence-corrected chi connectivity index (χ0v) is 26.4. The Kier molecular flexibility index (Phi) is 11.1. The second kappa shape index (κ2) is 14.6. The van der Waals surface area contributed by atoms with Gasteiger partial charge in [0.15, 0.2) is 0 Å². The predicted octanol–water partition coefficient (Wildman–Crippen LogP) is 8.04. The number of carbonyl (C=O) groups is 1. The predicted molar refractivity (Wildman–Crippen MR) is 169 cm³/mol. The maximum Gasteiger partial charge on any atom is 0.255 e. The Morgan fingerprint density at radius 3 is 2.71 bits per heavy atom. The maximum absolute atomic E-state index is 12.6. The van der Waals surface area contributed by atoms with Gasteiger partial charge in [-0.05, 0) is 79.3 Å². The maximum atomic E-state index is 12.6. The van der Waals surface area contributed by atoms with E-state index in [4.69, 9.17) is 23.2 Å². The van der Waals surface area contributed by atoms with E-state index in [1.165, 1.54) is 21.4 Å². The topological polar surface area (TPSA) is 76.4 Å². The highest BCUT2D eigenvalue weighted by atomic mass is 35.5. The quantitative estimate of drug-likeness (QED) is 0.217. The van der Waals surface area contributed by atoms with Crippen LogP contribution in [0.3, 0.4) is 0 Å². The minimum atomic E-state index is -0.261. The molecule has 1 aliphatic rings. The fourth-order valence-corrected chi connectivity index (χ4v) is 7.57. The number of aryl methyl sites for hydroxylation is 1. The second-order valence-corrected chi connectivity index (χ2v) is 13.4. The number of nitrogens with one attached hydrogen (secondary N) is 1. The molecule has 2 atom stereocenters. The van der Waals surface area contributed by atoms with Gasteiger partial charge in [-0.25, -0.2) is 0 Å². The fraction of sp³-hybridized carbons (Fsp3) is 0.455. The third kappa shape index (κ3) is 8.05. The van der Waals surface area contributed by atoms with Crippen LogP contribution in [0.5, 0.6) is 5.75 Å². The van der Waals surface area contributed by atoms with Crippen molar-refractivity contribution in [3.05, 3.63) is 84.5 Å². The number of hydrogen-bond acceptors (Lipinski definition) is 5. The summed E-state index contributed by atoms with van der Waals surface area (Å²) in [7, 11) is 0. The van der Waals surface area contributed by atoms with Crippen molar-refractivity contribution in [3.63, 3.8) is 0 Å². The van der Waals surface area contributed by atoms with Gasteiger partial charge in [0.05, 0.1) is 11.1 Å². The summed E-state index contributed by atoms with van der Waals surface area (Å²) in [5.41, 5.74) is 3.48. The lowest BCUT2D eigenvalue weighted by Gasteiger charge is -2.35. The minimum Gasteiger partial charge on any atom is -0.507 e. The Balaban J connectivity index is 1.42. The van der Waals surface area contributed by atoms with Crippen molar-refractivity contribution in [2.45, 2.75) is 71.9 Å².